The van der Waals surface area contributed by atoms with Gasteiger partial charge in [-0.3, -0.25) is 4.90 Å². The van der Waals surface area contributed by atoms with Gasteiger partial charge in [0.15, 0.2) is 0 Å². The van der Waals surface area contributed by atoms with Gasteiger partial charge < -0.3 is 5.11 Å². The van der Waals surface area contributed by atoms with Crippen molar-refractivity contribution in [3.05, 3.63) is 28.8 Å². The summed E-state index contributed by atoms with van der Waals surface area (Å²) in [4.78, 5) is 2.49. The highest BCUT2D eigenvalue weighted by Crippen LogP contribution is 2.27. The van der Waals surface area contributed by atoms with Gasteiger partial charge in [0.05, 0.1) is 0 Å². The van der Waals surface area contributed by atoms with E-state index in [2.05, 4.69) is 11.8 Å². The maximum atomic E-state index is 9.56. The molecule has 100 valence electrons. The molecule has 1 aromatic carbocycles. The highest BCUT2D eigenvalue weighted by Gasteiger charge is 2.20. The van der Waals surface area contributed by atoms with Crippen LogP contribution in [0.5, 0.6) is 5.75 Å². The predicted molar refractivity (Wildman–Crippen MR) is 76.1 cm³/mol. The third kappa shape index (κ3) is 3.39. The lowest BCUT2D eigenvalue weighted by Crippen LogP contribution is -2.36. The number of aromatic hydroxyl groups is 1. The molecule has 18 heavy (non-hydrogen) atoms. The maximum Gasteiger partial charge on any atom is 0.116 e. The van der Waals surface area contributed by atoms with E-state index in [4.69, 9.17) is 11.6 Å². The molecule has 0 spiro atoms. The highest BCUT2D eigenvalue weighted by atomic mass is 35.5. The van der Waals surface area contributed by atoms with E-state index < -0.39 is 0 Å². The van der Waals surface area contributed by atoms with E-state index in [1.807, 2.05) is 0 Å². The minimum Gasteiger partial charge on any atom is -0.508 e. The monoisotopic (exact) mass is 267 g/mol. The average molecular weight is 268 g/mol. The number of halogens is 1. The van der Waals surface area contributed by atoms with Gasteiger partial charge in [-0.05, 0) is 43.1 Å². The molecule has 0 atom stereocenters. The molecule has 2 nitrogen and oxygen atoms in total. The molecule has 0 aromatic heterocycles. The van der Waals surface area contributed by atoms with E-state index in [1.54, 1.807) is 18.2 Å². The molecule has 0 bridgehead atoms. The fourth-order valence-electron chi connectivity index (χ4n) is 2.85. The van der Waals surface area contributed by atoms with Crippen molar-refractivity contribution in [3.63, 3.8) is 0 Å². The molecule has 1 fully saturated rings. The quantitative estimate of drug-likeness (QED) is 0.884. The van der Waals surface area contributed by atoms with Crippen molar-refractivity contribution < 1.29 is 5.11 Å². The van der Waals surface area contributed by atoms with Gasteiger partial charge >= 0.3 is 0 Å². The summed E-state index contributed by atoms with van der Waals surface area (Å²) in [6, 6.07) is 5.89. The van der Waals surface area contributed by atoms with Gasteiger partial charge in [-0.15, -0.1) is 0 Å². The molecule has 0 unspecified atom stereocenters. The summed E-state index contributed by atoms with van der Waals surface area (Å²) in [6.45, 7) is 4.08. The second kappa shape index (κ2) is 6.44. The number of hydrogen-bond acceptors (Lipinski definition) is 2. The normalized spacial score (nSPS) is 17.3. The van der Waals surface area contributed by atoms with E-state index >= 15 is 0 Å². The standard InChI is InChI=1S/C15H22ClNO/c1-2-17(13-6-4-3-5-7-13)11-12-10-14(18)8-9-15(12)16/h8-10,13,18H,2-7,11H2,1H3. The van der Waals surface area contributed by atoms with Crippen molar-refractivity contribution in [1.82, 2.24) is 4.90 Å². The molecule has 2 rings (SSSR count). The average Bonchev–Trinajstić information content (AvgIpc) is 2.41. The lowest BCUT2D eigenvalue weighted by molar-refractivity contribution is 0.156. The molecule has 1 aromatic rings. The Kier molecular flexibility index (Phi) is 4.90. The largest absolute Gasteiger partial charge is 0.508 e. The van der Waals surface area contributed by atoms with E-state index in [0.29, 0.717) is 11.8 Å². The molecule has 0 aliphatic heterocycles. The fraction of sp³-hybridized carbons (Fsp3) is 0.600. The van der Waals surface area contributed by atoms with Crippen molar-refractivity contribution in [3.8, 4) is 5.75 Å². The van der Waals surface area contributed by atoms with Crippen molar-refractivity contribution in [2.24, 2.45) is 0 Å². The van der Waals surface area contributed by atoms with Gasteiger partial charge in [0.25, 0.3) is 0 Å². The van der Waals surface area contributed by atoms with Crippen molar-refractivity contribution in [2.75, 3.05) is 6.54 Å². The molecular weight excluding hydrogens is 246 g/mol. The minimum atomic E-state index is 0.300. The van der Waals surface area contributed by atoms with Crippen LogP contribution in [0.3, 0.4) is 0 Å². The van der Waals surface area contributed by atoms with Crippen LogP contribution < -0.4 is 0 Å². The summed E-state index contributed by atoms with van der Waals surface area (Å²) < 4.78 is 0. The zero-order valence-electron chi connectivity index (χ0n) is 11.0. The number of phenols is 1. The number of rotatable bonds is 4. The van der Waals surface area contributed by atoms with Crippen molar-refractivity contribution >= 4 is 11.6 Å². The Labute approximate surface area is 115 Å². The van der Waals surface area contributed by atoms with Crippen LogP contribution in [0.4, 0.5) is 0 Å². The Bertz CT molecular complexity index is 388. The molecule has 1 N–H and O–H groups in total. The molecule has 0 heterocycles. The summed E-state index contributed by atoms with van der Waals surface area (Å²) in [5.41, 5.74) is 1.03. The lowest BCUT2D eigenvalue weighted by Gasteiger charge is -2.33. The molecule has 0 saturated heterocycles. The number of phenolic OH excluding ortho intramolecular Hbond substituents is 1. The van der Waals surface area contributed by atoms with E-state index in [1.165, 1.54) is 32.1 Å². The summed E-state index contributed by atoms with van der Waals surface area (Å²) in [6.07, 6.45) is 6.65. The number of hydrogen-bond donors (Lipinski definition) is 1. The summed E-state index contributed by atoms with van der Waals surface area (Å²) >= 11 is 6.20. The van der Waals surface area contributed by atoms with Crippen LogP contribution in [0.15, 0.2) is 18.2 Å². The molecule has 0 radical (unpaired) electrons. The van der Waals surface area contributed by atoms with Gasteiger partial charge in [0.1, 0.15) is 5.75 Å². The zero-order chi connectivity index (χ0) is 13.0. The van der Waals surface area contributed by atoms with E-state index in [9.17, 15) is 5.11 Å². The lowest BCUT2D eigenvalue weighted by atomic mass is 9.94. The molecule has 1 saturated carbocycles. The highest BCUT2D eigenvalue weighted by molar-refractivity contribution is 6.31. The van der Waals surface area contributed by atoms with Gasteiger partial charge in [-0.1, -0.05) is 37.8 Å². The Morgan fingerprint density at radius 3 is 2.67 bits per heavy atom. The van der Waals surface area contributed by atoms with Crippen LogP contribution in [0.25, 0.3) is 0 Å². The first-order valence-electron chi connectivity index (χ1n) is 6.92. The van der Waals surface area contributed by atoms with Gasteiger partial charge in [0.2, 0.25) is 0 Å². The Morgan fingerprint density at radius 1 is 1.28 bits per heavy atom. The van der Waals surface area contributed by atoms with Crippen LogP contribution in [0.1, 0.15) is 44.6 Å². The topological polar surface area (TPSA) is 23.5 Å². The van der Waals surface area contributed by atoms with Gasteiger partial charge in [0, 0.05) is 17.6 Å². The summed E-state index contributed by atoms with van der Waals surface area (Å²) in [5, 5.41) is 10.3. The third-order valence-electron chi connectivity index (χ3n) is 3.90. The third-order valence-corrected chi connectivity index (χ3v) is 4.27. The Morgan fingerprint density at radius 2 is 2.00 bits per heavy atom. The molecule has 1 aliphatic rings. The van der Waals surface area contributed by atoms with Crippen LogP contribution >= 0.6 is 11.6 Å². The maximum absolute atomic E-state index is 9.56. The summed E-state index contributed by atoms with van der Waals surface area (Å²) in [5.74, 6) is 0.300. The van der Waals surface area contributed by atoms with Gasteiger partial charge in [-0.2, -0.15) is 0 Å². The second-order valence-corrected chi connectivity index (χ2v) is 5.54. The molecule has 0 amide bonds. The Balaban J connectivity index is 2.06. The van der Waals surface area contributed by atoms with Crippen LogP contribution in [-0.4, -0.2) is 22.6 Å². The second-order valence-electron chi connectivity index (χ2n) is 5.13. The van der Waals surface area contributed by atoms with Crippen molar-refractivity contribution in [1.29, 1.82) is 0 Å². The Hall–Kier alpha value is -0.730. The molecule has 3 heteroatoms. The fourth-order valence-corrected chi connectivity index (χ4v) is 3.02. The van der Waals surface area contributed by atoms with Gasteiger partial charge in [-0.25, -0.2) is 0 Å². The SMILES string of the molecule is CCN(Cc1cc(O)ccc1Cl)C1CCCCC1. The van der Waals surface area contributed by atoms with Crippen molar-refractivity contribution in [2.45, 2.75) is 51.6 Å². The molecule has 1 aliphatic carbocycles. The first-order chi connectivity index (χ1) is 8.70. The predicted octanol–water partition coefficient (Wildman–Crippen LogP) is 4.20. The van der Waals surface area contributed by atoms with E-state index in [0.717, 1.165) is 23.7 Å². The first kappa shape index (κ1) is 13.7. The smallest absolute Gasteiger partial charge is 0.116 e. The zero-order valence-corrected chi connectivity index (χ0v) is 11.8. The number of nitrogens with zero attached hydrogens (tertiary/aromatic N) is 1. The first-order valence-corrected chi connectivity index (χ1v) is 7.30. The van der Waals surface area contributed by atoms with Crippen LogP contribution in [0, 0.1) is 0 Å². The molecular formula is C15H22ClNO. The number of benzene rings is 1. The summed E-state index contributed by atoms with van der Waals surface area (Å²) in [7, 11) is 0. The minimum absolute atomic E-state index is 0.300. The van der Waals surface area contributed by atoms with Crippen LogP contribution in [0.2, 0.25) is 5.02 Å². The van der Waals surface area contributed by atoms with Crippen LogP contribution in [-0.2, 0) is 6.54 Å². The van der Waals surface area contributed by atoms with E-state index in [-0.39, 0.29) is 0 Å².